The van der Waals surface area contributed by atoms with Gasteiger partial charge in [0.1, 0.15) is 18.5 Å². The maximum atomic E-state index is 12.4. The van der Waals surface area contributed by atoms with Gasteiger partial charge in [-0.3, -0.25) is 9.59 Å². The second-order valence-electron chi connectivity index (χ2n) is 6.26. The minimum atomic E-state index is -0.514. The summed E-state index contributed by atoms with van der Waals surface area (Å²) in [4.78, 5) is 29.4. The molecule has 2 heterocycles. The average molecular weight is 358 g/mol. The summed E-state index contributed by atoms with van der Waals surface area (Å²) in [6, 6.07) is 6.68. The number of aliphatic hydroxyl groups excluding tert-OH is 1. The summed E-state index contributed by atoms with van der Waals surface area (Å²) in [6.45, 7) is 1.46. The number of hydrogen-bond donors (Lipinski definition) is 2. The van der Waals surface area contributed by atoms with Crippen LogP contribution in [-0.2, 0) is 27.9 Å². The molecule has 0 radical (unpaired) electrons. The topological polar surface area (TPSA) is 96.7 Å². The first-order valence-electron chi connectivity index (χ1n) is 8.35. The van der Waals surface area contributed by atoms with Gasteiger partial charge in [0.15, 0.2) is 0 Å². The molecule has 1 fully saturated rings. The average Bonchev–Trinajstić information content (AvgIpc) is 3.02. The first-order chi connectivity index (χ1) is 12.5. The Labute approximate surface area is 151 Å². The molecule has 2 aromatic rings. The predicted molar refractivity (Wildman–Crippen MR) is 94.1 cm³/mol. The van der Waals surface area contributed by atoms with Crippen molar-refractivity contribution >= 4 is 17.5 Å². The number of morpholine rings is 1. The number of ether oxygens (including phenoxy) is 1. The normalized spacial score (nSPS) is 20.3. The van der Waals surface area contributed by atoms with Gasteiger partial charge in [-0.1, -0.05) is 12.1 Å². The highest BCUT2D eigenvalue weighted by atomic mass is 16.5. The van der Waals surface area contributed by atoms with Crippen LogP contribution < -0.4 is 5.32 Å². The lowest BCUT2D eigenvalue weighted by Gasteiger charge is -2.40. The summed E-state index contributed by atoms with van der Waals surface area (Å²) in [5, 5.41) is 12.6. The number of carbonyl (C=O) groups excluding carboxylic acids is 2. The number of aryl methyl sites for hydroxylation is 1. The summed E-state index contributed by atoms with van der Waals surface area (Å²) >= 11 is 0. The zero-order valence-electron chi connectivity index (χ0n) is 14.8. The molecule has 1 aromatic carbocycles. The van der Waals surface area contributed by atoms with Gasteiger partial charge in [-0.15, -0.1) is 0 Å². The van der Waals surface area contributed by atoms with E-state index in [-0.39, 0.29) is 25.0 Å². The maximum absolute atomic E-state index is 12.4. The molecule has 0 saturated carbocycles. The Balaban J connectivity index is 1.81. The minimum absolute atomic E-state index is 0.0565. The van der Waals surface area contributed by atoms with Crippen LogP contribution in [0.1, 0.15) is 24.4 Å². The van der Waals surface area contributed by atoms with E-state index in [1.807, 2.05) is 29.9 Å². The molecule has 8 nitrogen and oxygen atoms in total. The molecule has 1 aliphatic heterocycles. The van der Waals surface area contributed by atoms with Crippen molar-refractivity contribution in [1.82, 2.24) is 14.5 Å². The second-order valence-corrected chi connectivity index (χ2v) is 6.26. The van der Waals surface area contributed by atoms with Crippen LogP contribution >= 0.6 is 0 Å². The first-order valence-corrected chi connectivity index (χ1v) is 8.35. The molecular formula is C18H22N4O4. The van der Waals surface area contributed by atoms with E-state index in [0.29, 0.717) is 12.2 Å². The Bertz CT molecular complexity index is 787. The molecule has 2 N–H and O–H groups in total. The van der Waals surface area contributed by atoms with E-state index in [0.717, 1.165) is 11.4 Å². The quantitative estimate of drug-likeness (QED) is 0.826. The number of imidazole rings is 1. The number of nitrogens with zero attached hydrogens (tertiary/aromatic N) is 3. The number of benzene rings is 1. The zero-order valence-corrected chi connectivity index (χ0v) is 14.8. The molecule has 26 heavy (non-hydrogen) atoms. The van der Waals surface area contributed by atoms with Crippen LogP contribution in [0.2, 0.25) is 0 Å². The van der Waals surface area contributed by atoms with Crippen LogP contribution in [0, 0.1) is 0 Å². The molecule has 0 bridgehead atoms. The van der Waals surface area contributed by atoms with Gasteiger partial charge >= 0.3 is 0 Å². The fraction of sp³-hybridized carbons (Fsp3) is 0.389. The fourth-order valence-corrected chi connectivity index (χ4v) is 3.08. The number of rotatable bonds is 5. The van der Waals surface area contributed by atoms with Gasteiger partial charge in [0.25, 0.3) is 0 Å². The third kappa shape index (κ3) is 3.76. The molecule has 3 rings (SSSR count). The third-order valence-electron chi connectivity index (χ3n) is 4.44. The largest absolute Gasteiger partial charge is 0.394 e. The van der Waals surface area contributed by atoms with Gasteiger partial charge in [-0.25, -0.2) is 4.98 Å². The Morgan fingerprint density at radius 1 is 1.38 bits per heavy atom. The third-order valence-corrected chi connectivity index (χ3v) is 4.44. The number of anilines is 1. The van der Waals surface area contributed by atoms with Crippen molar-refractivity contribution in [3.8, 4) is 0 Å². The minimum Gasteiger partial charge on any atom is -0.394 e. The van der Waals surface area contributed by atoms with E-state index in [1.54, 1.807) is 23.2 Å². The highest BCUT2D eigenvalue weighted by Gasteiger charge is 2.37. The van der Waals surface area contributed by atoms with Crippen molar-refractivity contribution in [2.45, 2.75) is 25.6 Å². The highest BCUT2D eigenvalue weighted by molar-refractivity contribution is 5.88. The number of nitrogens with one attached hydrogen (secondary N) is 1. The molecule has 2 amide bonds. The van der Waals surface area contributed by atoms with Crippen LogP contribution in [-0.4, -0.2) is 50.6 Å². The van der Waals surface area contributed by atoms with Crippen molar-refractivity contribution in [3.05, 3.63) is 48.0 Å². The SMILES string of the molecule is CC(=O)Nc1ccc(C2OCC(=O)N(Cc3nccn3C)C2CO)cc1. The molecule has 0 spiro atoms. The molecule has 8 heteroatoms. The maximum Gasteiger partial charge on any atom is 0.249 e. The van der Waals surface area contributed by atoms with E-state index < -0.39 is 12.1 Å². The lowest BCUT2D eigenvalue weighted by Crippen LogP contribution is -2.52. The molecular weight excluding hydrogens is 336 g/mol. The molecule has 2 unspecified atom stereocenters. The Kier molecular flexibility index (Phi) is 5.34. The lowest BCUT2D eigenvalue weighted by atomic mass is 9.99. The molecule has 1 saturated heterocycles. The summed E-state index contributed by atoms with van der Waals surface area (Å²) in [5.74, 6) is 0.406. The Hall–Kier alpha value is -2.71. The van der Waals surface area contributed by atoms with Crippen LogP contribution in [0.15, 0.2) is 36.7 Å². The second kappa shape index (κ2) is 7.67. The Morgan fingerprint density at radius 2 is 2.12 bits per heavy atom. The van der Waals surface area contributed by atoms with Crippen molar-refractivity contribution in [3.63, 3.8) is 0 Å². The molecule has 2 atom stereocenters. The smallest absolute Gasteiger partial charge is 0.249 e. The van der Waals surface area contributed by atoms with Gasteiger partial charge in [-0.2, -0.15) is 0 Å². The van der Waals surface area contributed by atoms with Crippen LogP contribution in [0.3, 0.4) is 0 Å². The number of aromatic nitrogens is 2. The Morgan fingerprint density at radius 3 is 2.69 bits per heavy atom. The van der Waals surface area contributed by atoms with Crippen molar-refractivity contribution in [2.75, 3.05) is 18.5 Å². The van der Waals surface area contributed by atoms with Gasteiger partial charge in [0, 0.05) is 32.1 Å². The van der Waals surface area contributed by atoms with Crippen LogP contribution in [0.25, 0.3) is 0 Å². The first kappa shape index (κ1) is 18.1. The molecule has 0 aliphatic carbocycles. The highest BCUT2D eigenvalue weighted by Crippen LogP contribution is 2.30. The van der Waals surface area contributed by atoms with Gasteiger partial charge in [-0.05, 0) is 17.7 Å². The summed E-state index contributed by atoms with van der Waals surface area (Å²) < 4.78 is 7.56. The van der Waals surface area contributed by atoms with Gasteiger partial charge < -0.3 is 24.6 Å². The monoisotopic (exact) mass is 358 g/mol. The van der Waals surface area contributed by atoms with Crippen LogP contribution in [0.5, 0.6) is 0 Å². The van der Waals surface area contributed by atoms with Crippen molar-refractivity contribution < 1.29 is 19.4 Å². The fourth-order valence-electron chi connectivity index (χ4n) is 3.08. The number of hydrogen-bond acceptors (Lipinski definition) is 5. The summed E-state index contributed by atoms with van der Waals surface area (Å²) in [5.41, 5.74) is 1.51. The predicted octanol–water partition coefficient (Wildman–Crippen LogP) is 0.839. The van der Waals surface area contributed by atoms with E-state index in [9.17, 15) is 14.7 Å². The molecule has 1 aromatic heterocycles. The van der Waals surface area contributed by atoms with Crippen molar-refractivity contribution in [2.24, 2.45) is 7.05 Å². The van der Waals surface area contributed by atoms with E-state index in [2.05, 4.69) is 10.3 Å². The molecule has 1 aliphatic rings. The summed E-state index contributed by atoms with van der Waals surface area (Å²) in [7, 11) is 1.86. The number of aliphatic hydroxyl groups is 1. The standard InChI is InChI=1S/C18H22N4O4/c1-12(24)20-14-5-3-13(4-6-14)18-15(10-23)22(17(25)11-26-18)9-16-19-7-8-21(16)2/h3-8,15,18,23H,9-11H2,1-2H3,(H,20,24). The van der Waals surface area contributed by atoms with E-state index in [1.165, 1.54) is 6.92 Å². The number of amides is 2. The van der Waals surface area contributed by atoms with E-state index in [4.69, 9.17) is 4.74 Å². The van der Waals surface area contributed by atoms with Gasteiger partial charge in [0.05, 0.1) is 19.2 Å². The lowest BCUT2D eigenvalue weighted by molar-refractivity contribution is -0.162. The van der Waals surface area contributed by atoms with E-state index >= 15 is 0 Å². The number of carbonyl (C=O) groups is 2. The zero-order chi connectivity index (χ0) is 18.7. The van der Waals surface area contributed by atoms with Gasteiger partial charge in [0.2, 0.25) is 11.8 Å². The van der Waals surface area contributed by atoms with Crippen LogP contribution in [0.4, 0.5) is 5.69 Å². The summed E-state index contributed by atoms with van der Waals surface area (Å²) in [6.07, 6.45) is 3.03. The molecule has 138 valence electrons. The van der Waals surface area contributed by atoms with Crippen molar-refractivity contribution in [1.29, 1.82) is 0 Å².